The van der Waals surface area contributed by atoms with E-state index < -0.39 is 0 Å². The average Bonchev–Trinajstić information content (AvgIpc) is 2.85. The van der Waals surface area contributed by atoms with Gasteiger partial charge in [-0.3, -0.25) is 0 Å². The van der Waals surface area contributed by atoms with E-state index >= 15 is 0 Å². The first-order valence-electron chi connectivity index (χ1n) is 6.35. The van der Waals surface area contributed by atoms with Gasteiger partial charge in [-0.2, -0.15) is 4.98 Å². The van der Waals surface area contributed by atoms with Crippen LogP contribution in [0, 0.1) is 5.92 Å². The van der Waals surface area contributed by atoms with Gasteiger partial charge in [0.2, 0.25) is 5.89 Å². The number of aryl methyl sites for hydroxylation is 1. The fourth-order valence-corrected chi connectivity index (χ4v) is 2.14. The summed E-state index contributed by atoms with van der Waals surface area (Å²) in [7, 11) is 1.65. The molecule has 1 aliphatic heterocycles. The number of hydrogen-bond acceptors (Lipinski definition) is 5. The van der Waals surface area contributed by atoms with Gasteiger partial charge >= 0.3 is 0 Å². The number of methoxy groups -OCH3 is 1. The third kappa shape index (κ3) is 3.51. The van der Waals surface area contributed by atoms with Gasteiger partial charge in [-0.1, -0.05) is 5.16 Å². The van der Waals surface area contributed by atoms with Gasteiger partial charge in [-0.25, -0.2) is 0 Å². The van der Waals surface area contributed by atoms with E-state index in [-0.39, 0.29) is 6.10 Å². The molecule has 5 heteroatoms. The normalized spacial score (nSPS) is 19.4. The molecule has 0 aliphatic carbocycles. The minimum absolute atomic E-state index is 0.0913. The minimum Gasteiger partial charge on any atom is -0.374 e. The van der Waals surface area contributed by atoms with Gasteiger partial charge < -0.3 is 14.6 Å². The molecule has 1 fully saturated rings. The Balaban J connectivity index is 1.80. The topological polar surface area (TPSA) is 60.2 Å². The molecule has 0 radical (unpaired) electrons. The van der Waals surface area contributed by atoms with E-state index in [1.165, 1.54) is 12.8 Å². The van der Waals surface area contributed by atoms with Gasteiger partial charge in [-0.05, 0) is 45.2 Å². The van der Waals surface area contributed by atoms with E-state index in [1.807, 2.05) is 6.92 Å². The predicted molar refractivity (Wildman–Crippen MR) is 63.6 cm³/mol. The molecule has 1 N–H and O–H groups in total. The van der Waals surface area contributed by atoms with Crippen molar-refractivity contribution in [1.82, 2.24) is 15.5 Å². The Labute approximate surface area is 102 Å². The molecule has 1 atom stereocenters. The summed E-state index contributed by atoms with van der Waals surface area (Å²) in [5, 5.41) is 7.30. The van der Waals surface area contributed by atoms with Crippen LogP contribution in [-0.2, 0) is 11.2 Å². The lowest BCUT2D eigenvalue weighted by Gasteiger charge is -2.21. The van der Waals surface area contributed by atoms with Crippen LogP contribution in [0.25, 0.3) is 0 Å². The quantitative estimate of drug-likeness (QED) is 0.847. The molecule has 1 aromatic heterocycles. The zero-order chi connectivity index (χ0) is 12.1. The van der Waals surface area contributed by atoms with Crippen molar-refractivity contribution in [2.45, 2.75) is 38.7 Å². The SMILES string of the molecule is COC(C)c1noc(CCC2CCNCC2)n1. The van der Waals surface area contributed by atoms with Gasteiger partial charge in [0.15, 0.2) is 5.82 Å². The Morgan fingerprint density at radius 1 is 1.47 bits per heavy atom. The molecule has 96 valence electrons. The summed E-state index contributed by atoms with van der Waals surface area (Å²) in [5.41, 5.74) is 0. The molecule has 1 unspecified atom stereocenters. The second-order valence-corrected chi connectivity index (χ2v) is 4.66. The summed E-state index contributed by atoms with van der Waals surface area (Å²) in [6.45, 7) is 4.20. The van der Waals surface area contributed by atoms with Crippen LogP contribution in [0.1, 0.15) is 44.0 Å². The van der Waals surface area contributed by atoms with Gasteiger partial charge in [0.25, 0.3) is 0 Å². The summed E-state index contributed by atoms with van der Waals surface area (Å²) in [6, 6.07) is 0. The van der Waals surface area contributed by atoms with Crippen LogP contribution in [0.5, 0.6) is 0 Å². The molecule has 2 heterocycles. The number of piperidine rings is 1. The van der Waals surface area contributed by atoms with Crippen molar-refractivity contribution in [3.63, 3.8) is 0 Å². The first kappa shape index (κ1) is 12.5. The fraction of sp³-hybridized carbons (Fsp3) is 0.833. The zero-order valence-electron chi connectivity index (χ0n) is 10.6. The molecule has 1 saturated heterocycles. The van der Waals surface area contributed by atoms with E-state index in [2.05, 4.69) is 15.5 Å². The number of ether oxygens (including phenoxy) is 1. The van der Waals surface area contributed by atoms with Crippen LogP contribution < -0.4 is 5.32 Å². The Morgan fingerprint density at radius 2 is 2.24 bits per heavy atom. The maximum absolute atomic E-state index is 5.22. The molecular weight excluding hydrogens is 218 g/mol. The third-order valence-corrected chi connectivity index (χ3v) is 3.43. The largest absolute Gasteiger partial charge is 0.374 e. The van der Waals surface area contributed by atoms with Crippen molar-refractivity contribution in [2.24, 2.45) is 5.92 Å². The molecule has 1 aliphatic rings. The Bertz CT molecular complexity index is 334. The highest BCUT2D eigenvalue weighted by atomic mass is 16.5. The molecule has 0 aromatic carbocycles. The van der Waals surface area contributed by atoms with Crippen LogP contribution in [0.4, 0.5) is 0 Å². The number of nitrogens with zero attached hydrogens (tertiary/aromatic N) is 2. The Hall–Kier alpha value is -0.940. The monoisotopic (exact) mass is 239 g/mol. The highest BCUT2D eigenvalue weighted by Crippen LogP contribution is 2.19. The number of nitrogens with one attached hydrogen (secondary N) is 1. The lowest BCUT2D eigenvalue weighted by molar-refractivity contribution is 0.109. The molecular formula is C12H21N3O2. The molecule has 0 saturated carbocycles. The summed E-state index contributed by atoms with van der Waals surface area (Å²) in [6.07, 6.45) is 4.45. The second-order valence-electron chi connectivity index (χ2n) is 4.66. The second kappa shape index (κ2) is 6.12. The highest BCUT2D eigenvalue weighted by molar-refractivity contribution is 4.90. The first-order valence-corrected chi connectivity index (χ1v) is 6.35. The van der Waals surface area contributed by atoms with Crippen molar-refractivity contribution >= 4 is 0 Å². The number of aromatic nitrogens is 2. The molecule has 17 heavy (non-hydrogen) atoms. The lowest BCUT2D eigenvalue weighted by Crippen LogP contribution is -2.27. The van der Waals surface area contributed by atoms with Crippen molar-refractivity contribution < 1.29 is 9.26 Å². The van der Waals surface area contributed by atoms with E-state index in [1.54, 1.807) is 7.11 Å². The summed E-state index contributed by atoms with van der Waals surface area (Å²) in [4.78, 5) is 4.35. The maximum atomic E-state index is 5.22. The van der Waals surface area contributed by atoms with Crippen LogP contribution in [0.2, 0.25) is 0 Å². The van der Waals surface area contributed by atoms with Crippen molar-refractivity contribution in [3.8, 4) is 0 Å². The van der Waals surface area contributed by atoms with Crippen LogP contribution in [0.3, 0.4) is 0 Å². The Kier molecular flexibility index (Phi) is 4.50. The van der Waals surface area contributed by atoms with Crippen molar-refractivity contribution in [1.29, 1.82) is 0 Å². The van der Waals surface area contributed by atoms with Gasteiger partial charge in [0.05, 0.1) is 0 Å². The lowest BCUT2D eigenvalue weighted by atomic mass is 9.93. The molecule has 0 bridgehead atoms. The van der Waals surface area contributed by atoms with E-state index in [0.29, 0.717) is 5.82 Å². The Morgan fingerprint density at radius 3 is 2.94 bits per heavy atom. The number of hydrogen-bond donors (Lipinski definition) is 1. The molecule has 0 amide bonds. The van der Waals surface area contributed by atoms with Crippen LogP contribution in [0.15, 0.2) is 4.52 Å². The summed E-state index contributed by atoms with van der Waals surface area (Å²) >= 11 is 0. The number of rotatable bonds is 5. The molecule has 0 spiro atoms. The fourth-order valence-electron chi connectivity index (χ4n) is 2.14. The minimum atomic E-state index is -0.0913. The van der Waals surface area contributed by atoms with Gasteiger partial charge in [0, 0.05) is 13.5 Å². The standard InChI is InChI=1S/C12H21N3O2/c1-9(16-2)12-14-11(17-15-12)4-3-10-5-7-13-8-6-10/h9-10,13H,3-8H2,1-2H3. The van der Waals surface area contributed by atoms with Crippen molar-refractivity contribution in [2.75, 3.05) is 20.2 Å². The van der Waals surface area contributed by atoms with Crippen LogP contribution >= 0.6 is 0 Å². The average molecular weight is 239 g/mol. The van der Waals surface area contributed by atoms with E-state index in [4.69, 9.17) is 9.26 Å². The molecule has 1 aromatic rings. The highest BCUT2D eigenvalue weighted by Gasteiger charge is 2.16. The summed E-state index contributed by atoms with van der Waals surface area (Å²) < 4.78 is 10.4. The van der Waals surface area contributed by atoms with Crippen molar-refractivity contribution in [3.05, 3.63) is 11.7 Å². The third-order valence-electron chi connectivity index (χ3n) is 3.43. The van der Waals surface area contributed by atoms with Crippen LogP contribution in [-0.4, -0.2) is 30.3 Å². The maximum Gasteiger partial charge on any atom is 0.226 e. The first-order chi connectivity index (χ1) is 8.29. The molecule has 2 rings (SSSR count). The van der Waals surface area contributed by atoms with Gasteiger partial charge in [-0.15, -0.1) is 0 Å². The smallest absolute Gasteiger partial charge is 0.226 e. The predicted octanol–water partition coefficient (Wildman–Crippen LogP) is 1.71. The van der Waals surface area contributed by atoms with Gasteiger partial charge in [0.1, 0.15) is 6.10 Å². The molecule has 5 nitrogen and oxygen atoms in total. The zero-order valence-corrected chi connectivity index (χ0v) is 10.6. The van der Waals surface area contributed by atoms with E-state index in [9.17, 15) is 0 Å². The van der Waals surface area contributed by atoms with E-state index in [0.717, 1.165) is 37.7 Å². The summed E-state index contributed by atoms with van der Waals surface area (Å²) in [5.74, 6) is 2.18.